The van der Waals surface area contributed by atoms with E-state index >= 15 is 0 Å². The molecule has 2 heterocycles. The molecule has 1 aliphatic heterocycles. The van der Waals surface area contributed by atoms with E-state index in [4.69, 9.17) is 4.74 Å². The number of ether oxygens (including phenoxy) is 1. The standard InChI is InChI=1S/C22H25FN2O4S/c1-15-13-19(16(2)30-15)20(26)7-8-22(28)29-14-21(27)25-11-9-24(10-12-25)18-5-3-17(23)4-6-18/h3-6,13H,7-12,14H2,1-2H3. The Kier molecular flexibility index (Phi) is 7.20. The number of nitrogens with zero attached hydrogens (tertiary/aromatic N) is 2. The molecule has 2 aromatic rings. The van der Waals surface area contributed by atoms with Crippen LogP contribution in [-0.4, -0.2) is 55.3 Å². The van der Waals surface area contributed by atoms with E-state index in [1.165, 1.54) is 12.1 Å². The number of rotatable bonds is 7. The number of hydrogen-bond acceptors (Lipinski definition) is 6. The van der Waals surface area contributed by atoms with Crippen LogP contribution in [0.4, 0.5) is 10.1 Å². The van der Waals surface area contributed by atoms with Crippen molar-refractivity contribution in [2.75, 3.05) is 37.7 Å². The van der Waals surface area contributed by atoms with Gasteiger partial charge in [0.25, 0.3) is 5.91 Å². The molecule has 1 saturated heterocycles. The number of anilines is 1. The number of ketones is 1. The van der Waals surface area contributed by atoms with Gasteiger partial charge >= 0.3 is 5.97 Å². The summed E-state index contributed by atoms with van der Waals surface area (Å²) in [5.41, 5.74) is 1.57. The molecule has 0 radical (unpaired) electrons. The summed E-state index contributed by atoms with van der Waals surface area (Å²) in [6, 6.07) is 8.10. The van der Waals surface area contributed by atoms with Crippen molar-refractivity contribution in [3.63, 3.8) is 0 Å². The first-order valence-electron chi connectivity index (χ1n) is 9.87. The summed E-state index contributed by atoms with van der Waals surface area (Å²) in [5, 5.41) is 0. The van der Waals surface area contributed by atoms with E-state index in [9.17, 15) is 18.8 Å². The van der Waals surface area contributed by atoms with Crippen molar-refractivity contribution in [1.82, 2.24) is 4.90 Å². The Labute approximate surface area is 179 Å². The Morgan fingerprint density at radius 2 is 1.70 bits per heavy atom. The van der Waals surface area contributed by atoms with Gasteiger partial charge in [0.2, 0.25) is 0 Å². The van der Waals surface area contributed by atoms with Crippen LogP contribution >= 0.6 is 11.3 Å². The van der Waals surface area contributed by atoms with Crippen LogP contribution in [0, 0.1) is 19.7 Å². The summed E-state index contributed by atoms with van der Waals surface area (Å²) in [7, 11) is 0. The van der Waals surface area contributed by atoms with Crippen LogP contribution in [-0.2, 0) is 14.3 Å². The first kappa shape index (κ1) is 22.0. The maximum absolute atomic E-state index is 13.0. The monoisotopic (exact) mass is 432 g/mol. The van der Waals surface area contributed by atoms with E-state index in [2.05, 4.69) is 4.90 Å². The predicted molar refractivity (Wildman–Crippen MR) is 114 cm³/mol. The smallest absolute Gasteiger partial charge is 0.306 e. The largest absolute Gasteiger partial charge is 0.456 e. The van der Waals surface area contributed by atoms with Crippen molar-refractivity contribution < 1.29 is 23.5 Å². The lowest BCUT2D eigenvalue weighted by molar-refractivity contribution is -0.152. The van der Waals surface area contributed by atoms with Gasteiger partial charge in [0, 0.05) is 53.6 Å². The molecule has 0 atom stereocenters. The molecule has 1 aromatic carbocycles. The molecule has 1 aliphatic rings. The molecule has 0 saturated carbocycles. The zero-order chi connectivity index (χ0) is 21.7. The maximum atomic E-state index is 13.0. The van der Waals surface area contributed by atoms with Crippen molar-refractivity contribution >= 4 is 34.7 Å². The Hall–Kier alpha value is -2.74. The van der Waals surface area contributed by atoms with Gasteiger partial charge in [0.15, 0.2) is 12.4 Å². The maximum Gasteiger partial charge on any atom is 0.306 e. The molecule has 1 fully saturated rings. The Morgan fingerprint density at radius 1 is 1.03 bits per heavy atom. The fourth-order valence-electron chi connectivity index (χ4n) is 3.43. The second-order valence-corrected chi connectivity index (χ2v) is 8.72. The van der Waals surface area contributed by atoms with Crippen molar-refractivity contribution in [3.05, 3.63) is 51.5 Å². The molecule has 0 N–H and O–H groups in total. The summed E-state index contributed by atoms with van der Waals surface area (Å²) >= 11 is 1.55. The lowest BCUT2D eigenvalue weighted by Crippen LogP contribution is -2.49. The Morgan fingerprint density at radius 3 is 2.30 bits per heavy atom. The first-order valence-corrected chi connectivity index (χ1v) is 10.7. The number of aryl methyl sites for hydroxylation is 2. The number of thiophene rings is 1. The van der Waals surface area contributed by atoms with Gasteiger partial charge in [-0.1, -0.05) is 0 Å². The molecule has 3 rings (SSSR count). The number of carbonyl (C=O) groups excluding carboxylic acids is 3. The molecule has 0 spiro atoms. The summed E-state index contributed by atoms with van der Waals surface area (Å²) in [6.45, 7) is 5.76. The van der Waals surface area contributed by atoms with Gasteiger partial charge in [-0.05, 0) is 44.2 Å². The second-order valence-electron chi connectivity index (χ2n) is 7.26. The molecule has 8 heteroatoms. The second kappa shape index (κ2) is 9.84. The molecule has 0 bridgehead atoms. The van der Waals surface area contributed by atoms with E-state index in [1.807, 2.05) is 19.9 Å². The van der Waals surface area contributed by atoms with Crippen molar-refractivity contribution in [1.29, 1.82) is 0 Å². The fourth-order valence-corrected chi connectivity index (χ4v) is 4.37. The zero-order valence-electron chi connectivity index (χ0n) is 17.2. The molecule has 6 nitrogen and oxygen atoms in total. The summed E-state index contributed by atoms with van der Waals surface area (Å²) in [4.78, 5) is 42.2. The van der Waals surface area contributed by atoms with Crippen LogP contribution in [0.1, 0.15) is 33.0 Å². The molecule has 0 aliphatic carbocycles. The van der Waals surface area contributed by atoms with Gasteiger partial charge in [-0.15, -0.1) is 11.3 Å². The van der Waals surface area contributed by atoms with Crippen LogP contribution in [0.5, 0.6) is 0 Å². The summed E-state index contributed by atoms with van der Waals surface area (Å²) in [5.74, 6) is -1.17. The fraction of sp³-hybridized carbons (Fsp3) is 0.409. The molecule has 30 heavy (non-hydrogen) atoms. The van der Waals surface area contributed by atoms with Crippen LogP contribution in [0.15, 0.2) is 30.3 Å². The van der Waals surface area contributed by atoms with Crippen molar-refractivity contribution in [3.8, 4) is 0 Å². The predicted octanol–water partition coefficient (Wildman–Crippen LogP) is 3.36. The number of halogens is 1. The molecule has 160 valence electrons. The van der Waals surface area contributed by atoms with Crippen LogP contribution in [0.25, 0.3) is 0 Å². The van der Waals surface area contributed by atoms with E-state index in [1.54, 1.807) is 28.4 Å². The average Bonchev–Trinajstić information content (AvgIpc) is 3.09. The van der Waals surface area contributed by atoms with Gasteiger partial charge in [-0.25, -0.2) is 4.39 Å². The van der Waals surface area contributed by atoms with Crippen LogP contribution < -0.4 is 4.90 Å². The number of carbonyl (C=O) groups is 3. The number of amides is 1. The van der Waals surface area contributed by atoms with Crippen LogP contribution in [0.2, 0.25) is 0 Å². The number of esters is 1. The average molecular weight is 433 g/mol. The van der Waals surface area contributed by atoms with E-state index in [0.29, 0.717) is 31.7 Å². The van der Waals surface area contributed by atoms with Crippen molar-refractivity contribution in [2.45, 2.75) is 26.7 Å². The minimum atomic E-state index is -0.550. The summed E-state index contributed by atoms with van der Waals surface area (Å²) < 4.78 is 18.1. The molecular weight excluding hydrogens is 407 g/mol. The van der Waals surface area contributed by atoms with Gasteiger partial charge in [-0.3, -0.25) is 14.4 Å². The highest BCUT2D eigenvalue weighted by molar-refractivity contribution is 7.12. The third-order valence-corrected chi connectivity index (χ3v) is 6.04. The lowest BCUT2D eigenvalue weighted by atomic mass is 10.1. The van der Waals surface area contributed by atoms with Crippen LogP contribution in [0.3, 0.4) is 0 Å². The SMILES string of the molecule is Cc1cc(C(=O)CCC(=O)OCC(=O)N2CCN(c3ccc(F)cc3)CC2)c(C)s1. The highest BCUT2D eigenvalue weighted by Gasteiger charge is 2.22. The minimum Gasteiger partial charge on any atom is -0.456 e. The summed E-state index contributed by atoms with van der Waals surface area (Å²) in [6.07, 6.45) is 0.0270. The third-order valence-electron chi connectivity index (χ3n) is 5.08. The van der Waals surface area contributed by atoms with Gasteiger partial charge < -0.3 is 14.5 Å². The zero-order valence-corrected chi connectivity index (χ0v) is 18.0. The molecule has 1 amide bonds. The number of Topliss-reactive ketones (excluding diaryl/α,β-unsaturated/α-hetero) is 1. The molecular formula is C22H25FN2O4S. The van der Waals surface area contributed by atoms with Gasteiger partial charge in [0.05, 0.1) is 6.42 Å². The van der Waals surface area contributed by atoms with Gasteiger partial charge in [-0.2, -0.15) is 0 Å². The molecule has 1 aromatic heterocycles. The lowest BCUT2D eigenvalue weighted by Gasteiger charge is -2.36. The highest BCUT2D eigenvalue weighted by atomic mass is 32.1. The minimum absolute atomic E-state index is 0.0429. The molecule has 0 unspecified atom stereocenters. The van der Waals surface area contributed by atoms with Gasteiger partial charge in [0.1, 0.15) is 5.82 Å². The topological polar surface area (TPSA) is 66.9 Å². The van der Waals surface area contributed by atoms with E-state index < -0.39 is 5.97 Å². The Bertz CT molecular complexity index is 918. The van der Waals surface area contributed by atoms with E-state index in [-0.39, 0.29) is 37.0 Å². The highest BCUT2D eigenvalue weighted by Crippen LogP contribution is 2.22. The van der Waals surface area contributed by atoms with E-state index in [0.717, 1.165) is 15.4 Å². The number of benzene rings is 1. The van der Waals surface area contributed by atoms with Crippen molar-refractivity contribution in [2.24, 2.45) is 0 Å². The quantitative estimate of drug-likeness (QED) is 0.496. The number of piperazine rings is 1. The Balaban J connectivity index is 1.38. The normalized spacial score (nSPS) is 14.0. The number of hydrogen-bond donors (Lipinski definition) is 0. The third kappa shape index (κ3) is 5.66. The first-order chi connectivity index (χ1) is 14.3.